The second-order valence-electron chi connectivity index (χ2n) is 7.14. The van der Waals surface area contributed by atoms with Crippen molar-refractivity contribution in [2.24, 2.45) is 0 Å². The Bertz CT molecular complexity index is 513. The van der Waals surface area contributed by atoms with Crippen LogP contribution in [0.4, 0.5) is 0 Å². The number of hydrogen-bond acceptors (Lipinski definition) is 3. The zero-order chi connectivity index (χ0) is 16.2. The maximum absolute atomic E-state index is 12.1. The van der Waals surface area contributed by atoms with E-state index in [4.69, 9.17) is 4.74 Å². The second kappa shape index (κ2) is 6.80. The Morgan fingerprint density at radius 2 is 1.91 bits per heavy atom. The van der Waals surface area contributed by atoms with Crippen molar-refractivity contribution in [3.05, 3.63) is 35.4 Å². The fraction of sp³-hybridized carbons (Fsp3) is 0.611. The molecule has 1 saturated carbocycles. The lowest BCUT2D eigenvalue weighted by Gasteiger charge is -2.21. The molecule has 0 unspecified atom stereocenters. The van der Waals surface area contributed by atoms with Crippen molar-refractivity contribution in [3.8, 4) is 0 Å². The van der Waals surface area contributed by atoms with E-state index in [2.05, 4.69) is 5.32 Å². The highest BCUT2D eigenvalue weighted by atomic mass is 16.5. The van der Waals surface area contributed by atoms with Gasteiger partial charge in [-0.15, -0.1) is 0 Å². The van der Waals surface area contributed by atoms with Gasteiger partial charge in [0.25, 0.3) is 5.91 Å². The first-order valence-electron chi connectivity index (χ1n) is 8.01. The van der Waals surface area contributed by atoms with Gasteiger partial charge in [-0.3, -0.25) is 4.79 Å². The van der Waals surface area contributed by atoms with Crippen molar-refractivity contribution < 1.29 is 14.6 Å². The number of aliphatic hydroxyl groups is 1. The van der Waals surface area contributed by atoms with Crippen LogP contribution in [0.25, 0.3) is 0 Å². The van der Waals surface area contributed by atoms with E-state index in [1.165, 1.54) is 0 Å². The third-order valence-electron chi connectivity index (χ3n) is 3.97. The predicted molar refractivity (Wildman–Crippen MR) is 86.2 cm³/mol. The van der Waals surface area contributed by atoms with E-state index >= 15 is 0 Å². The summed E-state index contributed by atoms with van der Waals surface area (Å²) in [7, 11) is 0. The van der Waals surface area contributed by atoms with Crippen LogP contribution in [0.1, 0.15) is 57.6 Å². The first-order chi connectivity index (χ1) is 10.3. The maximum atomic E-state index is 12.1. The lowest BCUT2D eigenvalue weighted by Crippen LogP contribution is -2.44. The number of nitrogens with one attached hydrogen (secondary N) is 1. The quantitative estimate of drug-likeness (QED) is 0.879. The molecule has 0 radical (unpaired) electrons. The van der Waals surface area contributed by atoms with Gasteiger partial charge in [-0.25, -0.2) is 0 Å². The summed E-state index contributed by atoms with van der Waals surface area (Å²) in [5, 5.41) is 13.1. The van der Waals surface area contributed by atoms with Gasteiger partial charge < -0.3 is 15.2 Å². The molecule has 0 heterocycles. The Morgan fingerprint density at radius 3 is 2.55 bits per heavy atom. The van der Waals surface area contributed by atoms with Gasteiger partial charge in [0.05, 0.1) is 12.2 Å². The third-order valence-corrected chi connectivity index (χ3v) is 3.97. The van der Waals surface area contributed by atoms with E-state index < -0.39 is 5.60 Å². The Morgan fingerprint density at radius 1 is 1.27 bits per heavy atom. The Balaban J connectivity index is 1.89. The highest BCUT2D eigenvalue weighted by molar-refractivity contribution is 5.85. The van der Waals surface area contributed by atoms with Crippen molar-refractivity contribution in [1.29, 1.82) is 0 Å². The van der Waals surface area contributed by atoms with Crippen LogP contribution < -0.4 is 5.32 Å². The van der Waals surface area contributed by atoms with Crippen molar-refractivity contribution in [2.75, 3.05) is 0 Å². The first-order valence-corrected chi connectivity index (χ1v) is 8.01. The standard InChI is InChI=1S/C18H27NO3/c1-17(2,3)22-13-15-8-6-7-14(11-15)12-19-16(20)18(21)9-4-5-10-18/h6-8,11,21H,4-5,9-10,12-13H2,1-3H3,(H,19,20). The maximum Gasteiger partial charge on any atom is 0.252 e. The SMILES string of the molecule is CC(C)(C)OCc1cccc(CNC(=O)C2(O)CCCC2)c1. The molecule has 1 fully saturated rings. The lowest BCUT2D eigenvalue weighted by atomic mass is 10.0. The van der Waals surface area contributed by atoms with E-state index in [1.807, 2.05) is 45.0 Å². The van der Waals surface area contributed by atoms with Gasteiger partial charge in [-0.05, 0) is 57.6 Å². The number of rotatable bonds is 5. The topological polar surface area (TPSA) is 58.6 Å². The van der Waals surface area contributed by atoms with Gasteiger partial charge in [0.15, 0.2) is 0 Å². The van der Waals surface area contributed by atoms with Crippen molar-refractivity contribution in [1.82, 2.24) is 5.32 Å². The minimum atomic E-state index is -1.16. The number of ether oxygens (including phenoxy) is 1. The molecule has 4 nitrogen and oxygen atoms in total. The first kappa shape index (κ1) is 17.0. The molecule has 0 saturated heterocycles. The van der Waals surface area contributed by atoms with Crippen LogP contribution in [0.5, 0.6) is 0 Å². The van der Waals surface area contributed by atoms with Crippen LogP contribution in [-0.4, -0.2) is 22.2 Å². The molecular formula is C18H27NO3. The molecule has 1 aliphatic rings. The molecule has 1 aromatic carbocycles. The van der Waals surface area contributed by atoms with Gasteiger partial charge in [0.1, 0.15) is 5.60 Å². The summed E-state index contributed by atoms with van der Waals surface area (Å²) in [5.74, 6) is -0.249. The average molecular weight is 305 g/mol. The van der Waals surface area contributed by atoms with Gasteiger partial charge in [-0.2, -0.15) is 0 Å². The average Bonchev–Trinajstić information content (AvgIpc) is 2.90. The molecule has 0 spiro atoms. The highest BCUT2D eigenvalue weighted by Gasteiger charge is 2.38. The van der Waals surface area contributed by atoms with Crippen molar-refractivity contribution in [3.63, 3.8) is 0 Å². The zero-order valence-electron chi connectivity index (χ0n) is 13.8. The summed E-state index contributed by atoms with van der Waals surface area (Å²) >= 11 is 0. The molecular weight excluding hydrogens is 278 g/mol. The second-order valence-corrected chi connectivity index (χ2v) is 7.14. The molecule has 1 aromatic rings. The summed E-state index contributed by atoms with van der Waals surface area (Å²) in [6.45, 7) is 7.07. The monoisotopic (exact) mass is 305 g/mol. The minimum Gasteiger partial charge on any atom is -0.380 e. The van der Waals surface area contributed by atoms with Crippen LogP contribution in [0.3, 0.4) is 0 Å². The van der Waals surface area contributed by atoms with E-state index in [1.54, 1.807) is 0 Å². The Labute approximate surface area is 132 Å². The van der Waals surface area contributed by atoms with Crippen LogP contribution in [0.2, 0.25) is 0 Å². The van der Waals surface area contributed by atoms with Gasteiger partial charge in [-0.1, -0.05) is 24.3 Å². The van der Waals surface area contributed by atoms with Gasteiger partial charge in [0.2, 0.25) is 0 Å². The molecule has 2 rings (SSSR count). The molecule has 1 amide bonds. The number of benzene rings is 1. The Kier molecular flexibility index (Phi) is 5.24. The number of carbonyl (C=O) groups is 1. The molecule has 0 atom stereocenters. The predicted octanol–water partition coefficient (Wildman–Crippen LogP) is 2.92. The molecule has 0 aromatic heterocycles. The molecule has 4 heteroatoms. The molecule has 1 aliphatic carbocycles. The molecule has 122 valence electrons. The van der Waals surface area contributed by atoms with E-state index in [0.29, 0.717) is 26.0 Å². The minimum absolute atomic E-state index is 0.171. The van der Waals surface area contributed by atoms with Crippen LogP contribution in [0.15, 0.2) is 24.3 Å². The van der Waals surface area contributed by atoms with E-state index in [0.717, 1.165) is 24.0 Å². The van der Waals surface area contributed by atoms with Crippen molar-refractivity contribution in [2.45, 2.75) is 70.8 Å². The van der Waals surface area contributed by atoms with Crippen LogP contribution >= 0.6 is 0 Å². The molecule has 0 bridgehead atoms. The Hall–Kier alpha value is -1.39. The summed E-state index contributed by atoms with van der Waals surface area (Å²) in [5.41, 5.74) is 0.773. The van der Waals surface area contributed by atoms with Crippen LogP contribution in [0, 0.1) is 0 Å². The number of hydrogen-bond donors (Lipinski definition) is 2. The fourth-order valence-corrected chi connectivity index (χ4v) is 2.66. The van der Waals surface area contributed by atoms with Gasteiger partial charge in [0, 0.05) is 6.54 Å². The third kappa shape index (κ3) is 4.82. The smallest absolute Gasteiger partial charge is 0.252 e. The van der Waals surface area contributed by atoms with Crippen molar-refractivity contribution >= 4 is 5.91 Å². The lowest BCUT2D eigenvalue weighted by molar-refractivity contribution is -0.139. The summed E-state index contributed by atoms with van der Waals surface area (Å²) < 4.78 is 5.77. The summed E-state index contributed by atoms with van der Waals surface area (Å²) in [4.78, 5) is 12.1. The molecule has 0 aliphatic heterocycles. The molecule has 22 heavy (non-hydrogen) atoms. The van der Waals surface area contributed by atoms with E-state index in [9.17, 15) is 9.90 Å². The zero-order valence-corrected chi connectivity index (χ0v) is 13.8. The number of amides is 1. The summed E-state index contributed by atoms with van der Waals surface area (Å²) in [6, 6.07) is 7.99. The van der Waals surface area contributed by atoms with Gasteiger partial charge >= 0.3 is 0 Å². The molecule has 2 N–H and O–H groups in total. The summed E-state index contributed by atoms with van der Waals surface area (Å²) in [6.07, 6.45) is 2.98. The number of carbonyl (C=O) groups excluding carboxylic acids is 1. The van der Waals surface area contributed by atoms with Crippen LogP contribution in [-0.2, 0) is 22.7 Å². The fourth-order valence-electron chi connectivity index (χ4n) is 2.66. The highest BCUT2D eigenvalue weighted by Crippen LogP contribution is 2.29. The normalized spacial score (nSPS) is 17.5. The largest absolute Gasteiger partial charge is 0.380 e. The van der Waals surface area contributed by atoms with E-state index in [-0.39, 0.29) is 11.5 Å².